The van der Waals surface area contributed by atoms with Crippen molar-refractivity contribution in [2.45, 2.75) is 40.7 Å². The van der Waals surface area contributed by atoms with Crippen molar-refractivity contribution < 1.29 is 14.7 Å². The van der Waals surface area contributed by atoms with Crippen molar-refractivity contribution in [2.75, 3.05) is 4.90 Å². The number of amides is 1. The van der Waals surface area contributed by atoms with Crippen molar-refractivity contribution in [1.29, 1.82) is 0 Å². The summed E-state index contributed by atoms with van der Waals surface area (Å²) in [5.41, 5.74) is 4.52. The molecule has 7 heteroatoms. The first-order chi connectivity index (χ1) is 14.2. The van der Waals surface area contributed by atoms with Gasteiger partial charge in [-0.2, -0.15) is 0 Å². The standard InChI is InChI=1S/C23H22N2O3S2/c1-11-6-7-16(10-13(11)3)25-18(21-12(2)8-9-29-21)17(20(27)23(25)28)19(26)22-14(4)24-15(5)30-22/h6-10,18,27H,1-5H3. The van der Waals surface area contributed by atoms with Crippen molar-refractivity contribution in [3.63, 3.8) is 0 Å². The number of aromatic nitrogens is 1. The van der Waals surface area contributed by atoms with Crippen LogP contribution < -0.4 is 4.90 Å². The molecule has 5 nitrogen and oxygen atoms in total. The van der Waals surface area contributed by atoms with Crippen LogP contribution >= 0.6 is 22.7 Å². The quantitative estimate of drug-likeness (QED) is 0.544. The average Bonchev–Trinajstić information content (AvgIpc) is 3.33. The third kappa shape index (κ3) is 3.18. The number of aliphatic hydroxyl groups excluding tert-OH is 1. The highest BCUT2D eigenvalue weighted by Crippen LogP contribution is 2.45. The van der Waals surface area contributed by atoms with Gasteiger partial charge in [0.1, 0.15) is 6.04 Å². The molecular weight excluding hydrogens is 416 g/mol. The molecule has 0 aliphatic carbocycles. The van der Waals surface area contributed by atoms with Crippen molar-refractivity contribution in [2.24, 2.45) is 0 Å². The first kappa shape index (κ1) is 20.5. The van der Waals surface area contributed by atoms with Crippen LogP contribution in [0.25, 0.3) is 0 Å². The molecule has 1 amide bonds. The van der Waals surface area contributed by atoms with Gasteiger partial charge in [0.05, 0.1) is 21.2 Å². The van der Waals surface area contributed by atoms with Crippen molar-refractivity contribution in [1.82, 2.24) is 4.98 Å². The summed E-state index contributed by atoms with van der Waals surface area (Å²) in [4.78, 5) is 34.0. The lowest BCUT2D eigenvalue weighted by atomic mass is 9.98. The number of hydrogen-bond donors (Lipinski definition) is 1. The molecule has 1 N–H and O–H groups in total. The number of aryl methyl sites for hydroxylation is 5. The number of rotatable bonds is 4. The van der Waals surface area contributed by atoms with E-state index < -0.39 is 17.7 Å². The molecule has 30 heavy (non-hydrogen) atoms. The molecule has 3 aromatic rings. The number of ketones is 1. The Hall–Kier alpha value is -2.77. The smallest absolute Gasteiger partial charge is 0.294 e. The zero-order valence-corrected chi connectivity index (χ0v) is 19.1. The molecule has 0 spiro atoms. The minimum atomic E-state index is -0.672. The van der Waals surface area contributed by atoms with Gasteiger partial charge < -0.3 is 5.11 Å². The lowest BCUT2D eigenvalue weighted by molar-refractivity contribution is -0.117. The van der Waals surface area contributed by atoms with E-state index in [4.69, 9.17) is 0 Å². The predicted molar refractivity (Wildman–Crippen MR) is 121 cm³/mol. The van der Waals surface area contributed by atoms with E-state index in [2.05, 4.69) is 4.98 Å². The lowest BCUT2D eigenvalue weighted by Crippen LogP contribution is -2.31. The second-order valence-electron chi connectivity index (χ2n) is 7.55. The molecule has 1 aliphatic heterocycles. The first-order valence-electron chi connectivity index (χ1n) is 9.57. The number of carbonyl (C=O) groups is 2. The van der Waals surface area contributed by atoms with Gasteiger partial charge in [-0.15, -0.1) is 22.7 Å². The number of benzene rings is 1. The van der Waals surface area contributed by atoms with Crippen LogP contribution in [0.5, 0.6) is 0 Å². The second-order valence-corrected chi connectivity index (χ2v) is 9.70. The Morgan fingerprint density at radius 1 is 1.07 bits per heavy atom. The zero-order valence-electron chi connectivity index (χ0n) is 17.4. The third-order valence-corrected chi connectivity index (χ3v) is 7.62. The Morgan fingerprint density at radius 2 is 1.80 bits per heavy atom. The third-order valence-electron chi connectivity index (χ3n) is 5.48. The van der Waals surface area contributed by atoms with Gasteiger partial charge in [-0.1, -0.05) is 6.07 Å². The van der Waals surface area contributed by atoms with Crippen molar-refractivity contribution in [3.05, 3.63) is 78.1 Å². The molecular formula is C23H22N2O3S2. The summed E-state index contributed by atoms with van der Waals surface area (Å²) >= 11 is 2.76. The summed E-state index contributed by atoms with van der Waals surface area (Å²) in [7, 11) is 0. The number of Topliss-reactive ketones (excluding diaryl/α,β-unsaturated/α-hetero) is 1. The maximum Gasteiger partial charge on any atom is 0.294 e. The monoisotopic (exact) mass is 438 g/mol. The fourth-order valence-electron chi connectivity index (χ4n) is 3.76. The van der Waals surface area contributed by atoms with Gasteiger partial charge in [-0.3, -0.25) is 14.5 Å². The lowest BCUT2D eigenvalue weighted by Gasteiger charge is -2.27. The van der Waals surface area contributed by atoms with E-state index >= 15 is 0 Å². The fourth-order valence-corrected chi connectivity index (χ4v) is 5.65. The highest BCUT2D eigenvalue weighted by molar-refractivity contribution is 7.14. The molecule has 1 atom stereocenters. The number of thiazole rings is 1. The Labute approximate surface area is 183 Å². The minimum Gasteiger partial charge on any atom is -0.503 e. The van der Waals surface area contributed by atoms with E-state index in [0.717, 1.165) is 26.6 Å². The molecule has 0 saturated carbocycles. The number of anilines is 1. The molecule has 1 aromatic carbocycles. The maximum absolute atomic E-state index is 13.5. The maximum atomic E-state index is 13.5. The van der Waals surface area contributed by atoms with Gasteiger partial charge in [0.15, 0.2) is 5.76 Å². The molecule has 1 unspecified atom stereocenters. The van der Waals surface area contributed by atoms with Gasteiger partial charge in [-0.25, -0.2) is 4.98 Å². The zero-order chi connectivity index (χ0) is 21.7. The summed E-state index contributed by atoms with van der Waals surface area (Å²) in [6.45, 7) is 9.55. The highest BCUT2D eigenvalue weighted by Gasteiger charge is 2.46. The Balaban J connectivity index is 1.91. The van der Waals surface area contributed by atoms with Crippen LogP contribution in [0.3, 0.4) is 0 Å². The van der Waals surface area contributed by atoms with Gasteiger partial charge in [0.25, 0.3) is 5.91 Å². The van der Waals surface area contributed by atoms with Crippen LogP contribution in [0.15, 0.2) is 41.0 Å². The highest BCUT2D eigenvalue weighted by atomic mass is 32.1. The van der Waals surface area contributed by atoms with E-state index in [1.54, 1.807) is 6.92 Å². The van der Waals surface area contributed by atoms with E-state index in [0.29, 0.717) is 16.3 Å². The summed E-state index contributed by atoms with van der Waals surface area (Å²) in [5, 5.41) is 13.6. The van der Waals surface area contributed by atoms with Crippen molar-refractivity contribution in [3.8, 4) is 0 Å². The van der Waals surface area contributed by atoms with Gasteiger partial charge in [0, 0.05) is 10.6 Å². The van der Waals surface area contributed by atoms with E-state index in [9.17, 15) is 14.7 Å². The summed E-state index contributed by atoms with van der Waals surface area (Å²) in [5.74, 6) is -1.38. The Bertz CT molecular complexity index is 1220. The summed E-state index contributed by atoms with van der Waals surface area (Å²) in [6.07, 6.45) is 0. The molecule has 0 fully saturated rings. The topological polar surface area (TPSA) is 70.5 Å². The van der Waals surface area contributed by atoms with Crippen LogP contribution in [0.1, 0.15) is 48.0 Å². The van der Waals surface area contributed by atoms with Crippen LogP contribution in [-0.4, -0.2) is 21.8 Å². The summed E-state index contributed by atoms with van der Waals surface area (Å²) in [6, 6.07) is 7.02. The van der Waals surface area contributed by atoms with Crippen LogP contribution in [0.4, 0.5) is 5.69 Å². The number of aliphatic hydroxyl groups is 1. The van der Waals surface area contributed by atoms with Crippen molar-refractivity contribution >= 4 is 40.1 Å². The largest absolute Gasteiger partial charge is 0.503 e. The molecule has 0 bridgehead atoms. The Morgan fingerprint density at radius 3 is 2.37 bits per heavy atom. The number of nitrogens with zero attached hydrogens (tertiary/aromatic N) is 2. The SMILES string of the molecule is Cc1nc(C)c(C(=O)C2=C(O)C(=O)N(c3ccc(C)c(C)c3)C2c2sccc2C)s1. The summed E-state index contributed by atoms with van der Waals surface area (Å²) < 4.78 is 0. The molecule has 154 valence electrons. The molecule has 0 saturated heterocycles. The number of thiophene rings is 1. The number of hydrogen-bond acceptors (Lipinski definition) is 6. The van der Waals surface area contributed by atoms with Crippen LogP contribution in [-0.2, 0) is 4.79 Å². The van der Waals surface area contributed by atoms with E-state index in [1.807, 2.05) is 57.3 Å². The van der Waals surface area contributed by atoms with Gasteiger partial charge >= 0.3 is 0 Å². The molecule has 0 radical (unpaired) electrons. The molecule has 2 aromatic heterocycles. The molecule has 3 heterocycles. The Kier molecular flexibility index (Phi) is 5.11. The minimum absolute atomic E-state index is 0.121. The molecule has 4 rings (SSSR count). The normalized spacial score (nSPS) is 16.6. The molecule has 1 aliphatic rings. The predicted octanol–water partition coefficient (Wildman–Crippen LogP) is 5.53. The van der Waals surface area contributed by atoms with E-state index in [1.165, 1.54) is 27.6 Å². The fraction of sp³-hybridized carbons (Fsp3) is 0.261. The average molecular weight is 439 g/mol. The van der Waals surface area contributed by atoms with Crippen LogP contribution in [0, 0.1) is 34.6 Å². The van der Waals surface area contributed by atoms with Gasteiger partial charge in [-0.05, 0) is 74.9 Å². The van der Waals surface area contributed by atoms with Gasteiger partial charge in [0.2, 0.25) is 5.78 Å². The number of carbonyl (C=O) groups excluding carboxylic acids is 2. The first-order valence-corrected chi connectivity index (χ1v) is 11.3. The van der Waals surface area contributed by atoms with E-state index in [-0.39, 0.29) is 11.4 Å². The van der Waals surface area contributed by atoms with Crippen LogP contribution in [0.2, 0.25) is 0 Å². The second kappa shape index (κ2) is 7.49.